The molecule has 1 spiro atoms. The zero-order valence-electron chi connectivity index (χ0n) is 26.5. The molecule has 2 unspecified atom stereocenters. The van der Waals surface area contributed by atoms with E-state index in [9.17, 15) is 0 Å². The number of rotatable bonds is 5. The van der Waals surface area contributed by atoms with Gasteiger partial charge < -0.3 is 20.6 Å². The Bertz CT molecular complexity index is 1870. The number of nitrogens with one attached hydrogen (secondary N) is 4. The van der Waals surface area contributed by atoms with Gasteiger partial charge in [0.25, 0.3) is 0 Å². The van der Waals surface area contributed by atoms with E-state index < -0.39 is 0 Å². The topological polar surface area (TPSA) is 81.4 Å². The Morgan fingerprint density at radius 2 is 1.31 bits per heavy atom. The van der Waals surface area contributed by atoms with Crippen molar-refractivity contribution < 1.29 is 0 Å². The van der Waals surface area contributed by atoms with Gasteiger partial charge in [-0.2, -0.15) is 0 Å². The van der Waals surface area contributed by atoms with E-state index >= 15 is 0 Å². The van der Waals surface area contributed by atoms with Crippen LogP contribution in [-0.4, -0.2) is 33.0 Å². The quantitative estimate of drug-likeness (QED) is 0.165. The zero-order chi connectivity index (χ0) is 30.1. The molecule has 0 bridgehead atoms. The van der Waals surface area contributed by atoms with Gasteiger partial charge in [0.2, 0.25) is 0 Å². The smallest absolute Gasteiger partial charge is 0.124 e. The largest absolute Gasteiger partial charge is 0.341 e. The van der Waals surface area contributed by atoms with Gasteiger partial charge in [0, 0.05) is 0 Å². The van der Waals surface area contributed by atoms with E-state index in [4.69, 9.17) is 9.97 Å². The van der Waals surface area contributed by atoms with Crippen molar-refractivity contribution in [1.82, 2.24) is 30.6 Å². The number of benzene rings is 3. The fourth-order valence-electron chi connectivity index (χ4n) is 9.02. The van der Waals surface area contributed by atoms with Gasteiger partial charge >= 0.3 is 0 Å². The normalized spacial score (nSPS) is 25.6. The van der Waals surface area contributed by atoms with E-state index in [1.807, 2.05) is 6.20 Å². The molecule has 1 saturated carbocycles. The summed E-state index contributed by atoms with van der Waals surface area (Å²) in [4.78, 5) is 17.0. The van der Waals surface area contributed by atoms with Crippen LogP contribution in [0.5, 0.6) is 0 Å². The summed E-state index contributed by atoms with van der Waals surface area (Å²) in [5.41, 5.74) is 13.5. The summed E-state index contributed by atoms with van der Waals surface area (Å²) in [6.45, 7) is 6.75. The number of imidazole rings is 2. The molecule has 0 amide bonds. The third kappa shape index (κ3) is 4.85. The second-order valence-electron chi connectivity index (χ2n) is 14.9. The Morgan fingerprint density at radius 1 is 0.689 bits per heavy atom. The molecule has 4 heterocycles. The van der Waals surface area contributed by atoms with Crippen LogP contribution in [0.1, 0.15) is 87.2 Å². The SMILES string of the molecule is C[C@@H]1CNC(c2ncc(-c3ccc(-c4ccc(-c5ccc6nc(C7C[C@H](C)CN7)[nH]c6c5)c5c4CC4(CCCC4)C5)cc3)[nH]2)C1. The highest BCUT2D eigenvalue weighted by molar-refractivity contribution is 5.85. The van der Waals surface area contributed by atoms with Crippen molar-refractivity contribution in [2.75, 3.05) is 13.1 Å². The summed E-state index contributed by atoms with van der Waals surface area (Å²) in [6.07, 6.45) is 12.1. The average Bonchev–Trinajstić information content (AvgIpc) is 3.89. The molecule has 6 nitrogen and oxygen atoms in total. The molecular weight excluding hydrogens is 552 g/mol. The van der Waals surface area contributed by atoms with Crippen LogP contribution in [-0.2, 0) is 12.8 Å². The predicted molar refractivity (Wildman–Crippen MR) is 182 cm³/mol. The summed E-state index contributed by atoms with van der Waals surface area (Å²) in [5, 5.41) is 7.24. The minimum atomic E-state index is 0.330. The third-order valence-corrected chi connectivity index (χ3v) is 11.5. The highest BCUT2D eigenvalue weighted by Gasteiger charge is 2.41. The van der Waals surface area contributed by atoms with E-state index in [-0.39, 0.29) is 0 Å². The lowest BCUT2D eigenvalue weighted by Crippen LogP contribution is -2.15. The van der Waals surface area contributed by atoms with Gasteiger partial charge in [-0.05, 0) is 120 Å². The summed E-state index contributed by atoms with van der Waals surface area (Å²) in [6, 6.07) is 21.5. The number of fused-ring (bicyclic) bond motifs is 2. The van der Waals surface area contributed by atoms with Crippen LogP contribution in [0.3, 0.4) is 0 Å². The number of hydrogen-bond donors (Lipinski definition) is 4. The lowest BCUT2D eigenvalue weighted by Gasteiger charge is -2.22. The van der Waals surface area contributed by atoms with Crippen LogP contribution in [0.2, 0.25) is 0 Å². The molecule has 0 radical (unpaired) electrons. The zero-order valence-corrected chi connectivity index (χ0v) is 26.5. The van der Waals surface area contributed by atoms with Gasteiger partial charge in [-0.15, -0.1) is 0 Å². The molecule has 2 aliphatic carbocycles. The van der Waals surface area contributed by atoms with E-state index in [1.54, 1.807) is 11.1 Å². The number of nitrogens with zero attached hydrogens (tertiary/aromatic N) is 2. The minimum absolute atomic E-state index is 0.330. The standard InChI is InChI=1S/C39H44N6/c1-23-15-34(40-20-23)37-42-22-36(45-37)26-7-5-25(6-8-26)28-10-11-29(31-19-39(18-30(28)31)13-3-4-14-39)27-9-12-32-33(17-27)44-38(43-32)35-16-24(2)21-41-35/h5-12,17,22-24,34-35,40-41H,3-4,13-16,18-21H2,1-2H3,(H,42,45)(H,43,44)/t23-,24-,34?,35?/m0/s1. The highest BCUT2D eigenvalue weighted by atomic mass is 15.1. The molecule has 3 fully saturated rings. The molecule has 2 aromatic heterocycles. The van der Waals surface area contributed by atoms with Crippen LogP contribution in [0.15, 0.2) is 60.8 Å². The van der Waals surface area contributed by atoms with Crippen molar-refractivity contribution >= 4 is 11.0 Å². The van der Waals surface area contributed by atoms with Crippen LogP contribution >= 0.6 is 0 Å². The van der Waals surface area contributed by atoms with Gasteiger partial charge in [0.15, 0.2) is 0 Å². The van der Waals surface area contributed by atoms with Crippen molar-refractivity contribution in [2.45, 2.75) is 77.3 Å². The first-order valence-corrected chi connectivity index (χ1v) is 17.3. The van der Waals surface area contributed by atoms with Crippen molar-refractivity contribution in [3.63, 3.8) is 0 Å². The number of hydrogen-bond acceptors (Lipinski definition) is 4. The molecule has 4 N–H and O–H groups in total. The van der Waals surface area contributed by atoms with Gasteiger partial charge in [0.1, 0.15) is 11.6 Å². The first-order chi connectivity index (χ1) is 22.0. The van der Waals surface area contributed by atoms with Crippen molar-refractivity contribution in [3.05, 3.63) is 83.6 Å². The lowest BCUT2D eigenvalue weighted by molar-refractivity contribution is 0.318. The van der Waals surface area contributed by atoms with E-state index in [0.717, 1.165) is 54.3 Å². The molecule has 6 heteroatoms. The summed E-state index contributed by atoms with van der Waals surface area (Å²) >= 11 is 0. The Hall–Kier alpha value is -3.74. The Morgan fingerprint density at radius 3 is 1.98 bits per heavy atom. The molecule has 2 aliphatic heterocycles. The molecule has 5 aromatic rings. The van der Waals surface area contributed by atoms with Gasteiger partial charge in [-0.25, -0.2) is 9.97 Å². The average molecular weight is 597 g/mol. The van der Waals surface area contributed by atoms with Gasteiger partial charge in [-0.1, -0.05) is 69.2 Å². The predicted octanol–water partition coefficient (Wildman–Crippen LogP) is 8.29. The maximum absolute atomic E-state index is 4.97. The van der Waals surface area contributed by atoms with Crippen molar-refractivity contribution in [2.24, 2.45) is 17.3 Å². The second kappa shape index (κ2) is 10.7. The molecule has 4 aliphatic rings. The first kappa shape index (κ1) is 27.6. The van der Waals surface area contributed by atoms with Crippen LogP contribution in [0.25, 0.3) is 44.5 Å². The minimum Gasteiger partial charge on any atom is -0.341 e. The maximum Gasteiger partial charge on any atom is 0.124 e. The fraction of sp³-hybridized carbons (Fsp3) is 0.436. The van der Waals surface area contributed by atoms with Crippen LogP contribution in [0, 0.1) is 17.3 Å². The Labute approximate surface area is 265 Å². The Kier molecular flexibility index (Phi) is 6.54. The second-order valence-corrected chi connectivity index (χ2v) is 14.9. The molecule has 3 aromatic carbocycles. The first-order valence-electron chi connectivity index (χ1n) is 17.3. The number of aromatic amines is 2. The monoisotopic (exact) mass is 596 g/mol. The molecule has 230 valence electrons. The molecule has 9 rings (SSSR count). The summed E-state index contributed by atoms with van der Waals surface area (Å²) < 4.78 is 0. The summed E-state index contributed by atoms with van der Waals surface area (Å²) in [7, 11) is 0. The number of H-pyrrole nitrogens is 2. The van der Waals surface area contributed by atoms with Crippen LogP contribution in [0.4, 0.5) is 0 Å². The highest BCUT2D eigenvalue weighted by Crippen LogP contribution is 2.53. The lowest BCUT2D eigenvalue weighted by atomic mass is 9.82. The molecule has 4 atom stereocenters. The van der Waals surface area contributed by atoms with E-state index in [2.05, 4.69) is 89.0 Å². The molecule has 45 heavy (non-hydrogen) atoms. The van der Waals surface area contributed by atoms with Gasteiger partial charge in [0.05, 0.1) is 35.0 Å². The number of aromatic nitrogens is 4. The fourth-order valence-corrected chi connectivity index (χ4v) is 9.02. The molecular formula is C39H44N6. The van der Waals surface area contributed by atoms with Gasteiger partial charge in [-0.3, -0.25) is 0 Å². The molecule has 2 saturated heterocycles. The van der Waals surface area contributed by atoms with E-state index in [0.29, 0.717) is 29.3 Å². The maximum atomic E-state index is 4.97. The van der Waals surface area contributed by atoms with Crippen LogP contribution < -0.4 is 10.6 Å². The Balaban J connectivity index is 1.05. The van der Waals surface area contributed by atoms with E-state index in [1.165, 1.54) is 66.3 Å². The van der Waals surface area contributed by atoms with Crippen molar-refractivity contribution in [1.29, 1.82) is 0 Å². The van der Waals surface area contributed by atoms with Crippen molar-refractivity contribution in [3.8, 4) is 33.5 Å². The summed E-state index contributed by atoms with van der Waals surface area (Å²) in [5.74, 6) is 3.53. The third-order valence-electron chi connectivity index (χ3n) is 11.5.